The molecule has 16 heavy (non-hydrogen) atoms. The van der Waals surface area contributed by atoms with E-state index in [2.05, 4.69) is 15.9 Å². The molecule has 1 rings (SSSR count). The van der Waals surface area contributed by atoms with Crippen LogP contribution in [0.1, 0.15) is 6.30 Å². The van der Waals surface area contributed by atoms with E-state index in [1.807, 2.05) is 0 Å². The van der Waals surface area contributed by atoms with E-state index >= 15 is 0 Å². The smallest absolute Gasteiger partial charge is 0.360 e. The van der Waals surface area contributed by atoms with Gasteiger partial charge in [0.2, 0.25) is 0 Å². The molecule has 1 heterocycles. The number of carboxylic acid groups (broad SMARTS) is 1. The lowest BCUT2D eigenvalue weighted by molar-refractivity contribution is -0.386. The topological polar surface area (TPSA) is 102 Å². The summed E-state index contributed by atoms with van der Waals surface area (Å²) in [6.07, 6.45) is -1.84. The van der Waals surface area contributed by atoms with Crippen LogP contribution in [-0.4, -0.2) is 20.6 Å². The minimum atomic E-state index is -2.66. The number of hydrogen-bond acceptors (Lipinski definition) is 4. The van der Waals surface area contributed by atoms with Gasteiger partial charge >= 0.3 is 17.2 Å². The lowest BCUT2D eigenvalue weighted by Crippen LogP contribution is -2.28. The van der Waals surface area contributed by atoms with Gasteiger partial charge in [-0.25, -0.2) is 9.18 Å². The molecule has 0 aromatic carbocycles. The first-order valence-electron chi connectivity index (χ1n) is 3.77. The second-order valence-corrected chi connectivity index (χ2v) is 3.60. The van der Waals surface area contributed by atoms with Crippen molar-refractivity contribution in [3.05, 3.63) is 37.2 Å². The summed E-state index contributed by atoms with van der Waals surface area (Å²) in [5.41, 5.74) is -2.22. The minimum absolute atomic E-state index is 0.0303. The van der Waals surface area contributed by atoms with E-state index in [-0.39, 0.29) is 9.04 Å². The van der Waals surface area contributed by atoms with Crippen LogP contribution in [-0.2, 0) is 4.79 Å². The highest BCUT2D eigenvalue weighted by Gasteiger charge is 2.24. The van der Waals surface area contributed by atoms with Gasteiger partial charge in [-0.05, 0) is 15.9 Å². The molecule has 0 spiro atoms. The van der Waals surface area contributed by atoms with Gasteiger partial charge in [0.15, 0.2) is 0 Å². The Kier molecular flexibility index (Phi) is 3.38. The number of rotatable bonds is 3. The summed E-state index contributed by atoms with van der Waals surface area (Å²) in [6.45, 7) is 0. The third-order valence-corrected chi connectivity index (χ3v) is 2.07. The highest BCUT2D eigenvalue weighted by molar-refractivity contribution is 9.10. The predicted octanol–water partition coefficient (Wildman–Crippen LogP) is 1.07. The maximum absolute atomic E-state index is 13.1. The quantitative estimate of drug-likeness (QED) is 0.663. The van der Waals surface area contributed by atoms with E-state index in [0.717, 1.165) is 12.3 Å². The van der Waals surface area contributed by atoms with Crippen LogP contribution in [0.2, 0.25) is 0 Å². The van der Waals surface area contributed by atoms with Crippen LogP contribution in [0.5, 0.6) is 0 Å². The van der Waals surface area contributed by atoms with E-state index < -0.39 is 28.4 Å². The molecule has 9 heteroatoms. The van der Waals surface area contributed by atoms with E-state index in [1.165, 1.54) is 0 Å². The molecule has 7 nitrogen and oxygen atoms in total. The molecule has 0 amide bonds. The fourth-order valence-corrected chi connectivity index (χ4v) is 1.41. The Morgan fingerprint density at radius 3 is 2.69 bits per heavy atom. The summed E-state index contributed by atoms with van der Waals surface area (Å²) in [6, 6.07) is 0.868. The molecule has 86 valence electrons. The van der Waals surface area contributed by atoms with Crippen molar-refractivity contribution >= 4 is 27.6 Å². The van der Waals surface area contributed by atoms with Gasteiger partial charge in [0, 0.05) is 16.7 Å². The fourth-order valence-electron chi connectivity index (χ4n) is 0.972. The third-order valence-electron chi connectivity index (χ3n) is 1.64. The van der Waals surface area contributed by atoms with Crippen molar-refractivity contribution in [2.24, 2.45) is 0 Å². The van der Waals surface area contributed by atoms with E-state index in [1.54, 1.807) is 0 Å². The number of pyridine rings is 1. The SMILES string of the molecule is O=C(O)C(F)n1cc(Br)cc([N+](=O)[O-])c1=O. The lowest BCUT2D eigenvalue weighted by atomic mass is 10.4. The first-order valence-corrected chi connectivity index (χ1v) is 4.57. The number of carboxylic acids is 1. The van der Waals surface area contributed by atoms with Gasteiger partial charge in [0.05, 0.1) is 4.92 Å². The van der Waals surface area contributed by atoms with Crippen molar-refractivity contribution in [2.45, 2.75) is 6.30 Å². The molecular weight excluding hydrogens is 291 g/mol. The molecule has 0 saturated carbocycles. The van der Waals surface area contributed by atoms with Gasteiger partial charge in [0.1, 0.15) is 0 Å². The van der Waals surface area contributed by atoms with Crippen LogP contribution in [0.15, 0.2) is 21.5 Å². The summed E-state index contributed by atoms with van der Waals surface area (Å²) in [7, 11) is 0. The second-order valence-electron chi connectivity index (χ2n) is 2.69. The molecule has 0 radical (unpaired) electrons. The van der Waals surface area contributed by atoms with Crippen LogP contribution in [0.4, 0.5) is 10.1 Å². The average Bonchev–Trinajstić information content (AvgIpc) is 2.19. The maximum Gasteiger partial charge on any atom is 0.360 e. The van der Waals surface area contributed by atoms with Crippen LogP contribution in [0.25, 0.3) is 0 Å². The standard InChI is InChI=1S/C7H4BrFN2O5/c8-3-1-4(11(15)16)6(12)10(2-3)5(9)7(13)14/h1-2,5H,(H,13,14). The first kappa shape index (κ1) is 12.3. The Morgan fingerprint density at radius 1 is 1.69 bits per heavy atom. The van der Waals surface area contributed by atoms with Gasteiger partial charge in [-0.15, -0.1) is 0 Å². The van der Waals surface area contributed by atoms with Gasteiger partial charge in [-0.2, -0.15) is 0 Å². The second kappa shape index (κ2) is 4.39. The Labute approximate surface area is 95.4 Å². The van der Waals surface area contributed by atoms with Crippen LogP contribution in [0, 0.1) is 10.1 Å². The number of halogens is 2. The number of nitro groups is 1. The maximum atomic E-state index is 13.1. The zero-order chi connectivity index (χ0) is 12.5. The number of aromatic nitrogens is 1. The molecule has 1 atom stereocenters. The normalized spacial score (nSPS) is 12.1. The van der Waals surface area contributed by atoms with Crippen molar-refractivity contribution < 1.29 is 19.2 Å². The van der Waals surface area contributed by atoms with Crippen molar-refractivity contribution in [2.75, 3.05) is 0 Å². The Bertz CT molecular complexity index is 514. The first-order chi connectivity index (χ1) is 7.34. The molecule has 0 bridgehead atoms. The molecule has 0 aliphatic carbocycles. The number of nitrogens with zero attached hydrogens (tertiary/aromatic N) is 2. The fraction of sp³-hybridized carbons (Fsp3) is 0.143. The predicted molar refractivity (Wildman–Crippen MR) is 52.8 cm³/mol. The number of alkyl halides is 1. The van der Waals surface area contributed by atoms with E-state index in [9.17, 15) is 24.1 Å². The molecule has 1 unspecified atom stereocenters. The zero-order valence-electron chi connectivity index (χ0n) is 7.46. The highest BCUT2D eigenvalue weighted by Crippen LogP contribution is 2.17. The van der Waals surface area contributed by atoms with Crippen LogP contribution >= 0.6 is 15.9 Å². The van der Waals surface area contributed by atoms with Gasteiger partial charge in [-0.3, -0.25) is 19.5 Å². The van der Waals surface area contributed by atoms with Crippen molar-refractivity contribution in [1.82, 2.24) is 4.57 Å². The van der Waals surface area contributed by atoms with E-state index in [0.29, 0.717) is 0 Å². The number of hydrogen-bond donors (Lipinski definition) is 1. The molecule has 0 saturated heterocycles. The largest absolute Gasteiger partial charge is 0.478 e. The molecule has 0 aliphatic rings. The van der Waals surface area contributed by atoms with Crippen LogP contribution in [0.3, 0.4) is 0 Å². The van der Waals surface area contributed by atoms with Gasteiger partial charge in [0.25, 0.3) is 6.30 Å². The number of carbonyl (C=O) groups is 1. The lowest BCUT2D eigenvalue weighted by Gasteiger charge is -2.07. The van der Waals surface area contributed by atoms with Crippen molar-refractivity contribution in [3.8, 4) is 0 Å². The minimum Gasteiger partial charge on any atom is -0.478 e. The molecule has 0 fully saturated rings. The van der Waals surface area contributed by atoms with Gasteiger partial charge in [-0.1, -0.05) is 0 Å². The summed E-state index contributed by atoms with van der Waals surface area (Å²) >= 11 is 2.81. The number of aliphatic carboxylic acids is 1. The molecular formula is C7H4BrFN2O5. The van der Waals surface area contributed by atoms with Crippen molar-refractivity contribution in [3.63, 3.8) is 0 Å². The summed E-state index contributed by atoms with van der Waals surface area (Å²) < 4.78 is 13.2. The third kappa shape index (κ3) is 2.24. The molecule has 1 N–H and O–H groups in total. The molecule has 1 aromatic heterocycles. The Hall–Kier alpha value is -1.77. The highest BCUT2D eigenvalue weighted by atomic mass is 79.9. The van der Waals surface area contributed by atoms with E-state index in [4.69, 9.17) is 5.11 Å². The summed E-state index contributed by atoms with van der Waals surface area (Å²) in [5, 5.41) is 18.8. The summed E-state index contributed by atoms with van der Waals surface area (Å²) in [5.74, 6) is -1.91. The average molecular weight is 295 g/mol. The van der Waals surface area contributed by atoms with Gasteiger partial charge < -0.3 is 5.11 Å². The van der Waals surface area contributed by atoms with Crippen LogP contribution < -0.4 is 5.56 Å². The van der Waals surface area contributed by atoms with Crippen molar-refractivity contribution in [1.29, 1.82) is 0 Å². The summed E-state index contributed by atoms with van der Waals surface area (Å²) in [4.78, 5) is 31.0. The molecule has 0 aliphatic heterocycles. The zero-order valence-corrected chi connectivity index (χ0v) is 9.05. The molecule has 1 aromatic rings. The monoisotopic (exact) mass is 294 g/mol. The Morgan fingerprint density at radius 2 is 2.25 bits per heavy atom. The Balaban J connectivity index is 3.47.